The first-order valence-corrected chi connectivity index (χ1v) is 3.04. The molecule has 0 saturated carbocycles. The lowest BCUT2D eigenvalue weighted by atomic mass is 10.3. The summed E-state index contributed by atoms with van der Waals surface area (Å²) in [5.74, 6) is 5.63. The average Bonchev–Trinajstić information content (AvgIpc) is 2.46. The van der Waals surface area contributed by atoms with Crippen molar-refractivity contribution in [3.63, 3.8) is 0 Å². The van der Waals surface area contributed by atoms with E-state index in [1.54, 1.807) is 12.2 Å². The van der Waals surface area contributed by atoms with Crippen molar-refractivity contribution < 1.29 is 4.42 Å². The molecule has 58 valence electrons. The van der Waals surface area contributed by atoms with E-state index < -0.39 is 0 Å². The van der Waals surface area contributed by atoms with Gasteiger partial charge in [-0.15, -0.1) is 0 Å². The van der Waals surface area contributed by atoms with Crippen molar-refractivity contribution in [1.29, 1.82) is 0 Å². The van der Waals surface area contributed by atoms with Crippen LogP contribution in [0.15, 0.2) is 17.6 Å². The predicted octanol–water partition coefficient (Wildman–Crippen LogP) is 1.25. The highest BCUT2D eigenvalue weighted by Crippen LogP contribution is 2.15. The van der Waals surface area contributed by atoms with Gasteiger partial charge in [-0.2, -0.15) is 4.98 Å². The topological polar surface area (TPSA) is 64.1 Å². The van der Waals surface area contributed by atoms with Gasteiger partial charge in [0, 0.05) is 0 Å². The number of anilines is 1. The smallest absolute Gasteiger partial charge is 0.310 e. The molecule has 11 heavy (non-hydrogen) atoms. The van der Waals surface area contributed by atoms with E-state index in [4.69, 9.17) is 10.3 Å². The maximum absolute atomic E-state index is 5.07. The van der Waals surface area contributed by atoms with E-state index >= 15 is 0 Å². The van der Waals surface area contributed by atoms with Crippen LogP contribution in [0.5, 0.6) is 0 Å². The van der Waals surface area contributed by atoms with Crippen molar-refractivity contribution in [1.82, 2.24) is 4.98 Å². The van der Waals surface area contributed by atoms with Gasteiger partial charge in [-0.25, -0.2) is 5.84 Å². The molecule has 0 unspecified atom stereocenters. The minimum Gasteiger partial charge on any atom is -0.423 e. The van der Waals surface area contributed by atoms with Crippen molar-refractivity contribution in [3.8, 4) is 0 Å². The highest BCUT2D eigenvalue weighted by atomic mass is 16.4. The number of rotatable bonds is 3. The number of hydrazine groups is 1. The lowest BCUT2D eigenvalue weighted by Crippen LogP contribution is -2.06. The predicted molar refractivity (Wildman–Crippen MR) is 44.5 cm³/mol. The molecule has 0 bridgehead atoms. The highest BCUT2D eigenvalue weighted by Gasteiger charge is 2.04. The molecule has 3 N–H and O–H groups in total. The molecule has 0 atom stereocenters. The van der Waals surface area contributed by atoms with E-state index in [0.29, 0.717) is 11.5 Å². The number of hydrogen-bond donors (Lipinski definition) is 2. The standard InChI is InChI=1S/C7H9N3O/c1-3-5-6(4-2)11-7(9-5)10-8/h3-4H,1-2,8H2,(H,9,10). The van der Waals surface area contributed by atoms with Gasteiger partial charge in [-0.1, -0.05) is 13.2 Å². The zero-order valence-corrected chi connectivity index (χ0v) is 6.00. The molecule has 1 rings (SSSR count). The molecule has 4 heteroatoms. The first kappa shape index (κ1) is 7.56. The van der Waals surface area contributed by atoms with Crippen LogP contribution in [0.3, 0.4) is 0 Å². The summed E-state index contributed by atoms with van der Waals surface area (Å²) in [7, 11) is 0. The number of nitrogens with one attached hydrogen (secondary N) is 1. The molecule has 0 aliphatic heterocycles. The molecule has 0 spiro atoms. The fourth-order valence-corrected chi connectivity index (χ4v) is 0.698. The second kappa shape index (κ2) is 3.03. The van der Waals surface area contributed by atoms with Crippen LogP contribution in [0.2, 0.25) is 0 Å². The average molecular weight is 151 g/mol. The largest absolute Gasteiger partial charge is 0.423 e. The van der Waals surface area contributed by atoms with Crippen LogP contribution in [-0.4, -0.2) is 4.98 Å². The molecule has 1 aromatic heterocycles. The minimum absolute atomic E-state index is 0.259. The summed E-state index contributed by atoms with van der Waals surface area (Å²) in [5, 5.41) is 0. The summed E-state index contributed by atoms with van der Waals surface area (Å²) in [6.07, 6.45) is 3.12. The monoisotopic (exact) mass is 151 g/mol. The van der Waals surface area contributed by atoms with Crippen LogP contribution < -0.4 is 11.3 Å². The van der Waals surface area contributed by atoms with Gasteiger partial charge in [-0.05, 0) is 12.2 Å². The molecule has 4 nitrogen and oxygen atoms in total. The van der Waals surface area contributed by atoms with Crippen LogP contribution in [0.1, 0.15) is 11.5 Å². The first-order valence-electron chi connectivity index (χ1n) is 3.04. The molecule has 0 radical (unpaired) electrons. The Bertz CT molecular complexity index is 252. The fourth-order valence-electron chi connectivity index (χ4n) is 0.698. The number of hydrogen-bond acceptors (Lipinski definition) is 4. The van der Waals surface area contributed by atoms with Gasteiger partial charge in [0.25, 0.3) is 0 Å². The Hall–Kier alpha value is -1.55. The van der Waals surface area contributed by atoms with Crippen LogP contribution in [0, 0.1) is 0 Å². The SMILES string of the molecule is C=Cc1nc(NN)oc1C=C. The zero-order chi connectivity index (χ0) is 8.27. The van der Waals surface area contributed by atoms with Crippen molar-refractivity contribution >= 4 is 18.2 Å². The molecular formula is C7H9N3O. The van der Waals surface area contributed by atoms with Gasteiger partial charge in [0.15, 0.2) is 5.76 Å². The molecule has 1 heterocycles. The number of nitrogen functional groups attached to an aromatic ring is 1. The van der Waals surface area contributed by atoms with Crippen molar-refractivity contribution in [2.75, 3.05) is 5.43 Å². The summed E-state index contributed by atoms with van der Waals surface area (Å²) < 4.78 is 5.07. The van der Waals surface area contributed by atoms with E-state index in [9.17, 15) is 0 Å². The van der Waals surface area contributed by atoms with Crippen LogP contribution in [-0.2, 0) is 0 Å². The molecule has 1 aromatic rings. The molecule has 0 aromatic carbocycles. The van der Waals surface area contributed by atoms with Crippen LogP contribution in [0.4, 0.5) is 6.01 Å². The van der Waals surface area contributed by atoms with Crippen LogP contribution in [0.25, 0.3) is 12.2 Å². The van der Waals surface area contributed by atoms with Gasteiger partial charge < -0.3 is 4.42 Å². The van der Waals surface area contributed by atoms with E-state index in [0.717, 1.165) is 0 Å². The van der Waals surface area contributed by atoms with Crippen molar-refractivity contribution in [2.24, 2.45) is 5.84 Å². The molecule has 0 fully saturated rings. The summed E-state index contributed by atoms with van der Waals surface area (Å²) in [5.41, 5.74) is 2.92. The second-order valence-corrected chi connectivity index (χ2v) is 1.82. The molecule has 0 aliphatic rings. The number of oxazole rings is 1. The third kappa shape index (κ3) is 1.30. The maximum Gasteiger partial charge on any atom is 0.310 e. The van der Waals surface area contributed by atoms with Gasteiger partial charge in [-0.3, -0.25) is 5.43 Å². The van der Waals surface area contributed by atoms with E-state index in [2.05, 4.69) is 23.6 Å². The fraction of sp³-hybridized carbons (Fsp3) is 0. The molecule has 0 amide bonds. The van der Waals surface area contributed by atoms with Crippen LogP contribution >= 0.6 is 0 Å². The Morgan fingerprint density at radius 2 is 2.18 bits per heavy atom. The first-order chi connectivity index (χ1) is 5.31. The van der Waals surface area contributed by atoms with Crippen molar-refractivity contribution in [2.45, 2.75) is 0 Å². The Morgan fingerprint density at radius 3 is 2.55 bits per heavy atom. The quantitative estimate of drug-likeness (QED) is 0.504. The van der Waals surface area contributed by atoms with Gasteiger partial charge in [0.05, 0.1) is 0 Å². The lowest BCUT2D eigenvalue weighted by Gasteiger charge is -1.85. The van der Waals surface area contributed by atoms with Gasteiger partial charge >= 0.3 is 6.01 Å². The Labute approximate surface area is 64.4 Å². The van der Waals surface area contributed by atoms with E-state index in [1.807, 2.05) is 0 Å². The zero-order valence-electron chi connectivity index (χ0n) is 6.00. The summed E-state index contributed by atoms with van der Waals surface area (Å²) >= 11 is 0. The normalized spacial score (nSPS) is 9.18. The number of nitrogens with two attached hydrogens (primary N) is 1. The molecule has 0 aliphatic carbocycles. The minimum atomic E-state index is 0.259. The maximum atomic E-state index is 5.07. The lowest BCUT2D eigenvalue weighted by molar-refractivity contribution is 0.563. The van der Waals surface area contributed by atoms with Gasteiger partial charge in [0.2, 0.25) is 0 Å². The Kier molecular flexibility index (Phi) is 2.08. The number of aromatic nitrogens is 1. The van der Waals surface area contributed by atoms with E-state index in [-0.39, 0.29) is 6.01 Å². The number of nitrogens with zero attached hydrogens (tertiary/aromatic N) is 1. The van der Waals surface area contributed by atoms with Crippen molar-refractivity contribution in [3.05, 3.63) is 24.6 Å². The Balaban J connectivity index is 3.11. The molecule has 0 saturated heterocycles. The Morgan fingerprint density at radius 1 is 1.45 bits per heavy atom. The third-order valence-electron chi connectivity index (χ3n) is 1.18. The van der Waals surface area contributed by atoms with E-state index in [1.165, 1.54) is 0 Å². The van der Waals surface area contributed by atoms with Gasteiger partial charge in [0.1, 0.15) is 5.69 Å². The highest BCUT2D eigenvalue weighted by molar-refractivity contribution is 5.57. The second-order valence-electron chi connectivity index (χ2n) is 1.82. The third-order valence-corrected chi connectivity index (χ3v) is 1.18. The summed E-state index contributed by atoms with van der Waals surface area (Å²) in [6.45, 7) is 7.09. The summed E-state index contributed by atoms with van der Waals surface area (Å²) in [4.78, 5) is 3.93. The summed E-state index contributed by atoms with van der Waals surface area (Å²) in [6, 6.07) is 0.259. The molecular weight excluding hydrogens is 142 g/mol.